The van der Waals surface area contributed by atoms with Gasteiger partial charge in [0.05, 0.1) is 24.9 Å². The van der Waals surface area contributed by atoms with Crippen LogP contribution in [0.15, 0.2) is 64.8 Å². The molecule has 5 nitrogen and oxygen atoms in total. The lowest BCUT2D eigenvalue weighted by Gasteiger charge is -2.32. The topological polar surface area (TPSA) is 61.2 Å². The molecule has 0 spiro atoms. The third kappa shape index (κ3) is 4.56. The monoisotopic (exact) mass is 504 g/mol. The number of methoxy groups -OCH3 is 1. The fourth-order valence-corrected chi connectivity index (χ4v) is 5.62. The summed E-state index contributed by atoms with van der Waals surface area (Å²) in [6.07, 6.45) is 1.09. The summed E-state index contributed by atoms with van der Waals surface area (Å²) in [5, 5.41) is 3.17. The molecule has 4 aromatic rings. The van der Waals surface area contributed by atoms with E-state index < -0.39 is 0 Å². The van der Waals surface area contributed by atoms with Gasteiger partial charge in [0, 0.05) is 39.2 Å². The summed E-state index contributed by atoms with van der Waals surface area (Å²) < 4.78 is 7.28. The number of nitrogens with zero attached hydrogens (tertiary/aromatic N) is 2. The number of aromatic nitrogens is 2. The van der Waals surface area contributed by atoms with Gasteiger partial charge in [-0.1, -0.05) is 55.8 Å². The van der Waals surface area contributed by atoms with E-state index in [1.165, 1.54) is 11.3 Å². The number of benzene rings is 2. The second-order valence-electron chi connectivity index (χ2n) is 9.61. The van der Waals surface area contributed by atoms with E-state index in [4.69, 9.17) is 21.3 Å². The Morgan fingerprint density at radius 1 is 1.06 bits per heavy atom. The molecule has 178 valence electrons. The van der Waals surface area contributed by atoms with Crippen LogP contribution in [0, 0.1) is 5.41 Å². The number of carbonyl (C=O) groups excluding carboxylic acids is 1. The molecule has 0 fully saturated rings. The lowest BCUT2D eigenvalue weighted by molar-refractivity contribution is 0.0907. The molecule has 1 aliphatic rings. The molecule has 0 amide bonds. The molecular weight excluding hydrogens is 480 g/mol. The van der Waals surface area contributed by atoms with E-state index in [9.17, 15) is 9.59 Å². The summed E-state index contributed by atoms with van der Waals surface area (Å²) in [5.41, 5.74) is 4.02. The highest BCUT2D eigenvalue weighted by Crippen LogP contribution is 2.37. The highest BCUT2D eigenvalue weighted by atomic mass is 35.5. The van der Waals surface area contributed by atoms with Crippen LogP contribution in [0.4, 0.5) is 0 Å². The zero-order chi connectivity index (χ0) is 24.7. The number of carbonyl (C=O) groups is 1. The van der Waals surface area contributed by atoms with Crippen LogP contribution in [0.5, 0.6) is 5.75 Å². The van der Waals surface area contributed by atoms with Crippen molar-refractivity contribution in [3.05, 3.63) is 92.2 Å². The Balaban J connectivity index is 1.67. The summed E-state index contributed by atoms with van der Waals surface area (Å²) in [4.78, 5) is 31.9. The van der Waals surface area contributed by atoms with Gasteiger partial charge in [0.15, 0.2) is 5.78 Å². The number of halogens is 1. The average Bonchev–Trinajstić information content (AvgIpc) is 3.31. The predicted octanol–water partition coefficient (Wildman–Crippen LogP) is 6.50. The Morgan fingerprint density at radius 3 is 2.54 bits per heavy atom. The molecule has 2 aromatic carbocycles. The van der Waals surface area contributed by atoms with Crippen LogP contribution >= 0.6 is 22.9 Å². The Morgan fingerprint density at radius 2 is 1.80 bits per heavy atom. The lowest BCUT2D eigenvalue weighted by atomic mass is 9.75. The van der Waals surface area contributed by atoms with Crippen LogP contribution in [0.2, 0.25) is 5.02 Å². The van der Waals surface area contributed by atoms with Crippen LogP contribution < -0.4 is 10.3 Å². The molecule has 2 heterocycles. The van der Waals surface area contributed by atoms with Crippen molar-refractivity contribution in [1.29, 1.82) is 0 Å². The van der Waals surface area contributed by atoms with Crippen molar-refractivity contribution in [3.63, 3.8) is 0 Å². The van der Waals surface area contributed by atoms with Crippen molar-refractivity contribution in [2.45, 2.75) is 33.2 Å². The number of fused-ring (bicyclic) bond motifs is 1. The molecule has 0 atom stereocenters. The number of pyridine rings is 1. The number of para-hydroxylation sites is 1. The van der Waals surface area contributed by atoms with E-state index in [-0.39, 0.29) is 16.8 Å². The van der Waals surface area contributed by atoms with Crippen LogP contribution in [-0.2, 0) is 13.0 Å². The van der Waals surface area contributed by atoms with Gasteiger partial charge in [-0.3, -0.25) is 9.59 Å². The van der Waals surface area contributed by atoms with E-state index in [0.29, 0.717) is 46.3 Å². The van der Waals surface area contributed by atoms with Crippen LogP contribution in [0.1, 0.15) is 41.9 Å². The molecule has 0 unspecified atom stereocenters. The molecule has 1 aliphatic carbocycles. The minimum atomic E-state index is -0.219. The first-order valence-electron chi connectivity index (χ1n) is 11.4. The smallest absolute Gasteiger partial charge is 0.261 e. The summed E-state index contributed by atoms with van der Waals surface area (Å²) in [6, 6.07) is 16.8. The standard InChI is InChI=1S/C28H25ClN2O3S/c1-28(2)13-23-20(24(32)14-28)12-21(26-30-22(16-35-26)17-8-10-19(29)11-9-17)27(33)31(23)15-18-6-4-5-7-25(18)34-3/h4-12,16H,13-15H2,1-3H3. The molecular formula is C28H25ClN2O3S. The summed E-state index contributed by atoms with van der Waals surface area (Å²) in [5.74, 6) is 0.764. The van der Waals surface area contributed by atoms with Gasteiger partial charge in [-0.05, 0) is 36.1 Å². The third-order valence-electron chi connectivity index (χ3n) is 6.38. The number of ether oxygens (including phenoxy) is 1. The van der Waals surface area contributed by atoms with Crippen molar-refractivity contribution in [3.8, 4) is 27.6 Å². The zero-order valence-corrected chi connectivity index (χ0v) is 21.4. The van der Waals surface area contributed by atoms with E-state index in [0.717, 1.165) is 22.5 Å². The highest BCUT2D eigenvalue weighted by molar-refractivity contribution is 7.13. The summed E-state index contributed by atoms with van der Waals surface area (Å²) in [7, 11) is 1.62. The quantitative estimate of drug-likeness (QED) is 0.311. The molecule has 0 aliphatic heterocycles. The fourth-order valence-electron chi connectivity index (χ4n) is 4.66. The molecule has 2 aromatic heterocycles. The van der Waals surface area contributed by atoms with Crippen molar-refractivity contribution >= 4 is 28.7 Å². The Hall–Kier alpha value is -3.22. The van der Waals surface area contributed by atoms with Gasteiger partial charge in [-0.25, -0.2) is 4.98 Å². The Bertz CT molecular complexity index is 1490. The molecule has 0 bridgehead atoms. The van der Waals surface area contributed by atoms with Gasteiger partial charge in [-0.2, -0.15) is 0 Å². The van der Waals surface area contributed by atoms with Crippen molar-refractivity contribution in [1.82, 2.24) is 9.55 Å². The van der Waals surface area contributed by atoms with Crippen molar-refractivity contribution in [2.75, 3.05) is 7.11 Å². The van der Waals surface area contributed by atoms with Crippen LogP contribution in [0.25, 0.3) is 21.8 Å². The van der Waals surface area contributed by atoms with E-state index in [1.54, 1.807) is 17.7 Å². The molecule has 7 heteroatoms. The second kappa shape index (κ2) is 9.10. The molecule has 0 N–H and O–H groups in total. The van der Waals surface area contributed by atoms with Gasteiger partial charge in [0.25, 0.3) is 5.56 Å². The van der Waals surface area contributed by atoms with Gasteiger partial charge in [-0.15, -0.1) is 11.3 Å². The number of hydrogen-bond donors (Lipinski definition) is 0. The maximum atomic E-state index is 13.9. The number of hydrogen-bond acceptors (Lipinski definition) is 5. The van der Waals surface area contributed by atoms with Crippen LogP contribution in [0.3, 0.4) is 0 Å². The third-order valence-corrected chi connectivity index (χ3v) is 7.51. The van der Waals surface area contributed by atoms with Gasteiger partial charge in [0.2, 0.25) is 0 Å². The number of rotatable bonds is 5. The van der Waals surface area contributed by atoms with Gasteiger partial charge in [0.1, 0.15) is 10.8 Å². The average molecular weight is 505 g/mol. The maximum absolute atomic E-state index is 13.9. The number of Topliss-reactive ketones (excluding diaryl/α,β-unsaturated/α-hetero) is 1. The van der Waals surface area contributed by atoms with Gasteiger partial charge >= 0.3 is 0 Å². The molecule has 0 saturated heterocycles. The van der Waals surface area contributed by atoms with Crippen molar-refractivity contribution in [2.24, 2.45) is 5.41 Å². The molecule has 35 heavy (non-hydrogen) atoms. The normalized spacial score (nSPS) is 14.6. The first-order valence-corrected chi connectivity index (χ1v) is 12.7. The Kier molecular flexibility index (Phi) is 6.11. The van der Waals surface area contributed by atoms with Gasteiger partial charge < -0.3 is 9.30 Å². The van der Waals surface area contributed by atoms with E-state index >= 15 is 0 Å². The zero-order valence-electron chi connectivity index (χ0n) is 19.8. The number of ketones is 1. The van der Waals surface area contributed by atoms with Crippen LogP contribution in [-0.4, -0.2) is 22.4 Å². The fraction of sp³-hybridized carbons (Fsp3) is 0.250. The molecule has 0 saturated carbocycles. The summed E-state index contributed by atoms with van der Waals surface area (Å²) >= 11 is 7.42. The maximum Gasteiger partial charge on any atom is 0.261 e. The largest absolute Gasteiger partial charge is 0.496 e. The minimum absolute atomic E-state index is 0.0563. The number of thiazole rings is 1. The van der Waals surface area contributed by atoms with Crippen molar-refractivity contribution < 1.29 is 9.53 Å². The molecule has 5 rings (SSSR count). The predicted molar refractivity (Wildman–Crippen MR) is 141 cm³/mol. The summed E-state index contributed by atoms with van der Waals surface area (Å²) in [6.45, 7) is 4.45. The first kappa shape index (κ1) is 23.5. The lowest BCUT2D eigenvalue weighted by Crippen LogP contribution is -2.35. The first-order chi connectivity index (χ1) is 16.8. The minimum Gasteiger partial charge on any atom is -0.496 e. The highest BCUT2D eigenvalue weighted by Gasteiger charge is 2.34. The van der Waals surface area contributed by atoms with E-state index in [1.807, 2.05) is 53.9 Å². The SMILES string of the molecule is COc1ccccc1Cn1c2c(cc(-c3nc(-c4ccc(Cl)cc4)cs3)c1=O)C(=O)CC(C)(C)C2. The second-order valence-corrected chi connectivity index (χ2v) is 10.9. The van der Waals surface area contributed by atoms with E-state index in [2.05, 4.69) is 13.8 Å². The molecule has 0 radical (unpaired) electrons. The Labute approximate surface area is 213 Å².